The van der Waals surface area contributed by atoms with Crippen LogP contribution in [0.5, 0.6) is 0 Å². The molecule has 21 heavy (non-hydrogen) atoms. The number of hydrogen-bond donors (Lipinski definition) is 0. The van der Waals surface area contributed by atoms with E-state index < -0.39 is 0 Å². The third-order valence-corrected chi connectivity index (χ3v) is 6.04. The van der Waals surface area contributed by atoms with Crippen molar-refractivity contribution in [2.45, 2.75) is 53.1 Å². The lowest BCUT2D eigenvalue weighted by molar-refractivity contribution is -0.175. The molecule has 1 aliphatic heterocycles. The van der Waals surface area contributed by atoms with Crippen molar-refractivity contribution in [2.75, 3.05) is 6.61 Å². The Bertz CT molecular complexity index is 519. The molecular formula is C17H24O4. The van der Waals surface area contributed by atoms with Gasteiger partial charge in [-0.1, -0.05) is 26.8 Å². The molecule has 0 amide bonds. The molecule has 4 nitrogen and oxygen atoms in total. The second-order valence-corrected chi connectivity index (χ2v) is 7.57. The Hall–Kier alpha value is -1.32. The number of cyclic esters (lactones) is 1. The molecule has 3 aliphatic rings. The van der Waals surface area contributed by atoms with Crippen LogP contribution < -0.4 is 0 Å². The Balaban J connectivity index is 1.96. The molecule has 1 heterocycles. The number of fused-ring (bicyclic) bond motifs is 3. The average Bonchev–Trinajstić information content (AvgIpc) is 2.76. The van der Waals surface area contributed by atoms with Crippen molar-refractivity contribution >= 4 is 11.9 Å². The average molecular weight is 292 g/mol. The highest BCUT2D eigenvalue weighted by molar-refractivity contribution is 5.80. The Labute approximate surface area is 125 Å². The van der Waals surface area contributed by atoms with Crippen molar-refractivity contribution in [3.63, 3.8) is 0 Å². The molecule has 2 fully saturated rings. The predicted octanol–water partition coefficient (Wildman–Crippen LogP) is 2.86. The fraction of sp³-hybridized carbons (Fsp3) is 0.765. The zero-order valence-corrected chi connectivity index (χ0v) is 13.3. The minimum atomic E-state index is -0.219. The molecular weight excluding hydrogens is 268 g/mol. The highest BCUT2D eigenvalue weighted by Gasteiger charge is 2.60. The summed E-state index contributed by atoms with van der Waals surface area (Å²) in [6.45, 7) is 8.48. The second kappa shape index (κ2) is 4.59. The molecule has 0 bridgehead atoms. The number of carbonyl (C=O) groups is 2. The normalized spacial score (nSPS) is 40.7. The van der Waals surface area contributed by atoms with Crippen LogP contribution in [0, 0.1) is 22.7 Å². The van der Waals surface area contributed by atoms with Gasteiger partial charge in [0.25, 0.3) is 0 Å². The summed E-state index contributed by atoms with van der Waals surface area (Å²) in [4.78, 5) is 23.6. The summed E-state index contributed by atoms with van der Waals surface area (Å²) in [5.41, 5.74) is 0.932. The first-order chi connectivity index (χ1) is 9.76. The van der Waals surface area contributed by atoms with Gasteiger partial charge in [-0.3, -0.25) is 9.59 Å². The molecule has 0 unspecified atom stereocenters. The number of allylic oxidation sites excluding steroid dienone is 1. The van der Waals surface area contributed by atoms with E-state index in [4.69, 9.17) is 9.47 Å². The number of rotatable bonds is 1. The van der Waals surface area contributed by atoms with E-state index in [-0.39, 0.29) is 34.8 Å². The Morgan fingerprint density at radius 3 is 2.76 bits per heavy atom. The van der Waals surface area contributed by atoms with Crippen LogP contribution in [0.4, 0.5) is 0 Å². The fourth-order valence-electron chi connectivity index (χ4n) is 5.00. The van der Waals surface area contributed by atoms with Gasteiger partial charge in [0, 0.05) is 12.3 Å². The highest BCUT2D eigenvalue weighted by Crippen LogP contribution is 2.61. The quantitative estimate of drug-likeness (QED) is 0.551. The summed E-state index contributed by atoms with van der Waals surface area (Å²) >= 11 is 0. The number of esters is 2. The van der Waals surface area contributed by atoms with E-state index in [1.807, 2.05) is 0 Å². The SMILES string of the molecule is CC(=O)O[C@H]1CC[C@@]2(C)[C@H]3C(=O)OCC3=CC[C@@H]2C1(C)C. The molecule has 1 saturated heterocycles. The van der Waals surface area contributed by atoms with Crippen molar-refractivity contribution < 1.29 is 19.1 Å². The maximum absolute atomic E-state index is 12.2. The largest absolute Gasteiger partial charge is 0.462 e. The van der Waals surface area contributed by atoms with Crippen LogP contribution in [-0.4, -0.2) is 24.6 Å². The lowest BCUT2D eigenvalue weighted by Crippen LogP contribution is -2.55. The van der Waals surface area contributed by atoms with Crippen LogP contribution in [-0.2, 0) is 19.1 Å². The van der Waals surface area contributed by atoms with E-state index in [1.165, 1.54) is 6.92 Å². The van der Waals surface area contributed by atoms with Crippen molar-refractivity contribution in [1.82, 2.24) is 0 Å². The van der Waals surface area contributed by atoms with Crippen molar-refractivity contribution in [3.8, 4) is 0 Å². The van der Waals surface area contributed by atoms with Crippen molar-refractivity contribution in [3.05, 3.63) is 11.6 Å². The molecule has 2 aliphatic carbocycles. The molecule has 0 spiro atoms. The van der Waals surface area contributed by atoms with Crippen LogP contribution in [0.15, 0.2) is 11.6 Å². The van der Waals surface area contributed by atoms with Gasteiger partial charge in [0.1, 0.15) is 12.7 Å². The first-order valence-corrected chi connectivity index (χ1v) is 7.79. The van der Waals surface area contributed by atoms with Gasteiger partial charge in [0.05, 0.1) is 5.92 Å². The molecule has 0 N–H and O–H groups in total. The summed E-state index contributed by atoms with van der Waals surface area (Å²) in [5, 5.41) is 0. The highest BCUT2D eigenvalue weighted by atomic mass is 16.5. The van der Waals surface area contributed by atoms with Gasteiger partial charge < -0.3 is 9.47 Å². The second-order valence-electron chi connectivity index (χ2n) is 7.57. The van der Waals surface area contributed by atoms with Gasteiger partial charge in [-0.2, -0.15) is 0 Å². The van der Waals surface area contributed by atoms with Crippen LogP contribution in [0.1, 0.15) is 47.0 Å². The van der Waals surface area contributed by atoms with Gasteiger partial charge in [0.2, 0.25) is 0 Å². The smallest absolute Gasteiger partial charge is 0.314 e. The summed E-state index contributed by atoms with van der Waals surface area (Å²) < 4.78 is 10.8. The molecule has 4 atom stereocenters. The van der Waals surface area contributed by atoms with Gasteiger partial charge in [0.15, 0.2) is 0 Å². The monoisotopic (exact) mass is 292 g/mol. The molecule has 4 heteroatoms. The van der Waals surface area contributed by atoms with E-state index in [0.29, 0.717) is 12.5 Å². The van der Waals surface area contributed by atoms with Crippen molar-refractivity contribution in [2.24, 2.45) is 22.7 Å². The Morgan fingerprint density at radius 2 is 2.10 bits per heavy atom. The number of hydrogen-bond acceptors (Lipinski definition) is 4. The van der Waals surface area contributed by atoms with E-state index in [1.54, 1.807) is 0 Å². The van der Waals surface area contributed by atoms with E-state index in [2.05, 4.69) is 26.8 Å². The summed E-state index contributed by atoms with van der Waals surface area (Å²) in [7, 11) is 0. The van der Waals surface area contributed by atoms with Gasteiger partial charge in [-0.15, -0.1) is 0 Å². The van der Waals surface area contributed by atoms with E-state index in [0.717, 1.165) is 24.8 Å². The van der Waals surface area contributed by atoms with Crippen LogP contribution in [0.25, 0.3) is 0 Å². The van der Waals surface area contributed by atoms with Gasteiger partial charge in [-0.25, -0.2) is 0 Å². The van der Waals surface area contributed by atoms with Crippen molar-refractivity contribution in [1.29, 1.82) is 0 Å². The lowest BCUT2D eigenvalue weighted by Gasteiger charge is -2.57. The van der Waals surface area contributed by atoms with E-state index >= 15 is 0 Å². The lowest BCUT2D eigenvalue weighted by atomic mass is 9.48. The third kappa shape index (κ3) is 2.02. The Kier molecular flexibility index (Phi) is 3.19. The van der Waals surface area contributed by atoms with Gasteiger partial charge in [-0.05, 0) is 36.2 Å². The molecule has 3 rings (SSSR count). The predicted molar refractivity (Wildman–Crippen MR) is 77.3 cm³/mol. The standard InChI is InChI=1S/C17H24O4/c1-10(18)21-13-7-8-17(4)12(16(13,2)3)6-5-11-9-20-15(19)14(11)17/h5,12-14H,6-9H2,1-4H3/t12-,13+,14-,17-/m1/s1. The van der Waals surface area contributed by atoms with Crippen LogP contribution >= 0.6 is 0 Å². The first-order valence-electron chi connectivity index (χ1n) is 7.79. The molecule has 116 valence electrons. The fourth-order valence-corrected chi connectivity index (χ4v) is 5.00. The first kappa shape index (κ1) is 14.6. The topological polar surface area (TPSA) is 52.6 Å². The maximum atomic E-state index is 12.2. The maximum Gasteiger partial charge on any atom is 0.314 e. The Morgan fingerprint density at radius 1 is 1.38 bits per heavy atom. The number of ether oxygens (including phenoxy) is 2. The molecule has 1 saturated carbocycles. The summed E-state index contributed by atoms with van der Waals surface area (Å²) in [5.74, 6) is -0.0736. The minimum absolute atomic E-state index is 0.0690. The zero-order valence-electron chi connectivity index (χ0n) is 13.3. The van der Waals surface area contributed by atoms with Crippen LogP contribution in [0.2, 0.25) is 0 Å². The molecule has 0 aromatic carbocycles. The summed E-state index contributed by atoms with van der Waals surface area (Å²) in [6, 6.07) is 0. The van der Waals surface area contributed by atoms with Gasteiger partial charge >= 0.3 is 11.9 Å². The van der Waals surface area contributed by atoms with Crippen LogP contribution in [0.3, 0.4) is 0 Å². The third-order valence-electron chi connectivity index (χ3n) is 6.04. The van der Waals surface area contributed by atoms with E-state index in [9.17, 15) is 9.59 Å². The summed E-state index contributed by atoms with van der Waals surface area (Å²) in [6.07, 6.45) is 4.76. The number of carbonyl (C=O) groups excluding carboxylic acids is 2. The molecule has 0 radical (unpaired) electrons. The minimum Gasteiger partial charge on any atom is -0.462 e. The molecule has 0 aromatic heterocycles. The zero-order chi connectivity index (χ0) is 15.4. The molecule has 0 aromatic rings.